The van der Waals surface area contributed by atoms with E-state index in [1.165, 1.54) is 12.8 Å². The summed E-state index contributed by atoms with van der Waals surface area (Å²) >= 11 is 0. The van der Waals surface area contributed by atoms with Crippen LogP contribution in [-0.2, 0) is 0 Å². The van der Waals surface area contributed by atoms with Crippen molar-refractivity contribution in [2.24, 2.45) is 5.73 Å². The molecule has 0 aromatic heterocycles. The molecule has 0 saturated carbocycles. The number of hydrogen-bond acceptors (Lipinski definition) is 2. The Kier molecular flexibility index (Phi) is 7.75. The molecule has 1 aliphatic heterocycles. The van der Waals surface area contributed by atoms with Crippen molar-refractivity contribution in [2.75, 3.05) is 13.6 Å². The van der Waals surface area contributed by atoms with E-state index in [1.54, 1.807) is 0 Å². The third-order valence-corrected chi connectivity index (χ3v) is 2.23. The van der Waals surface area contributed by atoms with E-state index in [9.17, 15) is 0 Å². The maximum atomic E-state index is 5.75. The molecule has 1 heterocycles. The van der Waals surface area contributed by atoms with E-state index >= 15 is 0 Å². The summed E-state index contributed by atoms with van der Waals surface area (Å²) in [6, 6.07) is 1.16. The molecule has 4 heteroatoms. The SMILES string of the molecule is CC1CCC(N)CN1C.Cl.Cl. The molecule has 1 saturated heterocycles. The topological polar surface area (TPSA) is 29.3 Å². The van der Waals surface area contributed by atoms with Gasteiger partial charge in [0.1, 0.15) is 0 Å². The number of rotatable bonds is 0. The molecule has 2 nitrogen and oxygen atoms in total. The predicted molar refractivity (Wildman–Crippen MR) is 53.8 cm³/mol. The summed E-state index contributed by atoms with van der Waals surface area (Å²) in [7, 11) is 2.14. The van der Waals surface area contributed by atoms with Crippen molar-refractivity contribution in [1.29, 1.82) is 0 Å². The average Bonchev–Trinajstić information content (AvgIpc) is 1.80. The van der Waals surface area contributed by atoms with Crippen molar-refractivity contribution in [2.45, 2.75) is 31.8 Å². The van der Waals surface area contributed by atoms with Crippen LogP contribution in [-0.4, -0.2) is 30.6 Å². The van der Waals surface area contributed by atoms with E-state index in [0.717, 1.165) is 12.6 Å². The number of halogens is 2. The van der Waals surface area contributed by atoms with Crippen LogP contribution >= 0.6 is 24.8 Å². The first kappa shape index (κ1) is 14.0. The van der Waals surface area contributed by atoms with Crippen LogP contribution < -0.4 is 5.73 Å². The fraction of sp³-hybridized carbons (Fsp3) is 1.00. The normalized spacial score (nSPS) is 31.9. The lowest BCUT2D eigenvalue weighted by Crippen LogP contribution is -2.45. The zero-order chi connectivity index (χ0) is 6.85. The highest BCUT2D eigenvalue weighted by atomic mass is 35.5. The van der Waals surface area contributed by atoms with Crippen LogP contribution in [0.4, 0.5) is 0 Å². The summed E-state index contributed by atoms with van der Waals surface area (Å²) in [5, 5.41) is 0. The molecule has 11 heavy (non-hydrogen) atoms. The van der Waals surface area contributed by atoms with Crippen LogP contribution in [0.15, 0.2) is 0 Å². The van der Waals surface area contributed by atoms with Gasteiger partial charge in [-0.3, -0.25) is 0 Å². The van der Waals surface area contributed by atoms with Crippen molar-refractivity contribution in [3.63, 3.8) is 0 Å². The van der Waals surface area contributed by atoms with E-state index in [0.29, 0.717) is 6.04 Å². The monoisotopic (exact) mass is 200 g/mol. The Bertz CT molecular complexity index is 100. The van der Waals surface area contributed by atoms with Crippen LogP contribution in [0.3, 0.4) is 0 Å². The molecule has 70 valence electrons. The lowest BCUT2D eigenvalue weighted by Gasteiger charge is -2.33. The van der Waals surface area contributed by atoms with E-state index in [-0.39, 0.29) is 24.8 Å². The largest absolute Gasteiger partial charge is 0.327 e. The Morgan fingerprint density at radius 1 is 1.27 bits per heavy atom. The minimum atomic E-state index is 0. The Morgan fingerprint density at radius 2 is 1.82 bits per heavy atom. The Labute approximate surface area is 81.3 Å². The lowest BCUT2D eigenvalue weighted by molar-refractivity contribution is 0.182. The average molecular weight is 201 g/mol. The molecule has 0 aromatic carbocycles. The van der Waals surface area contributed by atoms with Gasteiger partial charge in [0.25, 0.3) is 0 Å². The van der Waals surface area contributed by atoms with Crippen LogP contribution in [0.25, 0.3) is 0 Å². The fourth-order valence-corrected chi connectivity index (χ4v) is 1.32. The van der Waals surface area contributed by atoms with Crippen LogP contribution in [0.2, 0.25) is 0 Å². The molecule has 0 spiro atoms. The molecule has 1 aliphatic rings. The third kappa shape index (κ3) is 4.16. The standard InChI is InChI=1S/C7H16N2.2ClH/c1-6-3-4-7(8)5-9(6)2;;/h6-7H,3-5,8H2,1-2H3;2*1H. The van der Waals surface area contributed by atoms with Gasteiger partial charge in [0.2, 0.25) is 0 Å². The number of nitrogens with two attached hydrogens (primary N) is 1. The number of hydrogen-bond donors (Lipinski definition) is 1. The highest BCUT2D eigenvalue weighted by Crippen LogP contribution is 2.12. The van der Waals surface area contributed by atoms with E-state index in [1.807, 2.05) is 0 Å². The molecule has 0 aromatic rings. The van der Waals surface area contributed by atoms with Crippen LogP contribution in [0.1, 0.15) is 19.8 Å². The van der Waals surface area contributed by atoms with Crippen molar-refractivity contribution in [3.05, 3.63) is 0 Å². The number of piperidine rings is 1. The van der Waals surface area contributed by atoms with Gasteiger partial charge >= 0.3 is 0 Å². The summed E-state index contributed by atoms with van der Waals surface area (Å²) in [5.74, 6) is 0. The third-order valence-electron chi connectivity index (χ3n) is 2.23. The second-order valence-electron chi connectivity index (χ2n) is 3.13. The minimum absolute atomic E-state index is 0. The maximum absolute atomic E-state index is 5.75. The summed E-state index contributed by atoms with van der Waals surface area (Å²) in [4.78, 5) is 2.33. The second kappa shape index (κ2) is 6.06. The first-order chi connectivity index (χ1) is 4.20. The highest BCUT2D eigenvalue weighted by molar-refractivity contribution is 5.85. The number of nitrogens with zero attached hydrogens (tertiary/aromatic N) is 1. The van der Waals surface area contributed by atoms with Crippen molar-refractivity contribution >= 4 is 24.8 Å². The number of likely N-dealkylation sites (tertiary alicyclic amines) is 1. The number of likely N-dealkylation sites (N-methyl/N-ethyl adjacent to an activating group) is 1. The molecule has 0 bridgehead atoms. The Balaban J connectivity index is 0. The second-order valence-corrected chi connectivity index (χ2v) is 3.13. The van der Waals surface area contributed by atoms with Gasteiger partial charge in [0, 0.05) is 18.6 Å². The smallest absolute Gasteiger partial charge is 0.0168 e. The summed E-state index contributed by atoms with van der Waals surface area (Å²) in [5.41, 5.74) is 5.75. The van der Waals surface area contributed by atoms with E-state index in [2.05, 4.69) is 18.9 Å². The molecule has 0 radical (unpaired) electrons. The van der Waals surface area contributed by atoms with Crippen molar-refractivity contribution in [3.8, 4) is 0 Å². The summed E-state index contributed by atoms with van der Waals surface area (Å²) in [6.07, 6.45) is 2.46. The summed E-state index contributed by atoms with van der Waals surface area (Å²) in [6.45, 7) is 3.33. The first-order valence-electron chi connectivity index (χ1n) is 3.66. The molecule has 2 atom stereocenters. The van der Waals surface area contributed by atoms with Crippen LogP contribution in [0.5, 0.6) is 0 Å². The molecule has 0 aliphatic carbocycles. The van der Waals surface area contributed by atoms with Gasteiger partial charge in [0.05, 0.1) is 0 Å². The van der Waals surface area contributed by atoms with Gasteiger partial charge < -0.3 is 10.6 Å². The molecule has 1 fully saturated rings. The van der Waals surface area contributed by atoms with E-state index < -0.39 is 0 Å². The molecular formula is C7H18Cl2N2. The van der Waals surface area contributed by atoms with Crippen molar-refractivity contribution in [1.82, 2.24) is 4.90 Å². The zero-order valence-electron chi connectivity index (χ0n) is 7.12. The minimum Gasteiger partial charge on any atom is -0.327 e. The molecule has 1 rings (SSSR count). The predicted octanol–water partition coefficient (Wildman–Crippen LogP) is 1.27. The van der Waals surface area contributed by atoms with Crippen LogP contribution in [0, 0.1) is 0 Å². The quantitative estimate of drug-likeness (QED) is 0.639. The van der Waals surface area contributed by atoms with Gasteiger partial charge in [-0.05, 0) is 26.8 Å². The first-order valence-corrected chi connectivity index (χ1v) is 3.66. The molecule has 0 amide bonds. The zero-order valence-corrected chi connectivity index (χ0v) is 8.75. The molecule has 2 N–H and O–H groups in total. The highest BCUT2D eigenvalue weighted by Gasteiger charge is 2.18. The van der Waals surface area contributed by atoms with Crippen molar-refractivity contribution < 1.29 is 0 Å². The van der Waals surface area contributed by atoms with Gasteiger partial charge in [-0.25, -0.2) is 0 Å². The fourth-order valence-electron chi connectivity index (χ4n) is 1.32. The van der Waals surface area contributed by atoms with Gasteiger partial charge in [0.15, 0.2) is 0 Å². The summed E-state index contributed by atoms with van der Waals surface area (Å²) < 4.78 is 0. The Morgan fingerprint density at radius 3 is 2.18 bits per heavy atom. The molecule has 2 unspecified atom stereocenters. The van der Waals surface area contributed by atoms with Gasteiger partial charge in [-0.1, -0.05) is 0 Å². The maximum Gasteiger partial charge on any atom is 0.0168 e. The van der Waals surface area contributed by atoms with E-state index in [4.69, 9.17) is 5.73 Å². The Hall–Kier alpha value is 0.500. The van der Waals surface area contributed by atoms with Gasteiger partial charge in [-0.2, -0.15) is 0 Å². The molecular weight excluding hydrogens is 183 g/mol. The van der Waals surface area contributed by atoms with Gasteiger partial charge in [-0.15, -0.1) is 24.8 Å². The lowest BCUT2D eigenvalue weighted by atomic mass is 10.0.